The number of aromatic nitrogens is 4. The van der Waals surface area contributed by atoms with E-state index >= 15 is 0 Å². The molecule has 4 rings (SSSR count). The van der Waals surface area contributed by atoms with E-state index in [0.717, 1.165) is 42.8 Å². The maximum absolute atomic E-state index is 12.6. The average Bonchev–Trinajstić information content (AvgIpc) is 3.35. The quantitative estimate of drug-likeness (QED) is 0.654. The molecule has 1 aliphatic rings. The smallest absolute Gasteiger partial charge is 0.323 e. The van der Waals surface area contributed by atoms with Crippen molar-refractivity contribution in [3.05, 3.63) is 41.1 Å². The third-order valence-corrected chi connectivity index (χ3v) is 4.81. The number of nitrogens with zero attached hydrogens (tertiary/aromatic N) is 3. The van der Waals surface area contributed by atoms with Crippen molar-refractivity contribution in [2.75, 3.05) is 23.3 Å². The predicted molar refractivity (Wildman–Crippen MR) is 101 cm³/mol. The molecule has 2 aromatic heterocycles. The lowest BCUT2D eigenvalue weighted by Gasteiger charge is -2.22. The first kappa shape index (κ1) is 16.4. The Morgan fingerprint density at radius 1 is 1.27 bits per heavy atom. The summed E-state index contributed by atoms with van der Waals surface area (Å²) in [6.45, 7) is 3.86. The van der Waals surface area contributed by atoms with E-state index in [9.17, 15) is 9.59 Å². The topological polar surface area (TPSA) is 98.8 Å². The van der Waals surface area contributed by atoms with Gasteiger partial charge in [0.05, 0.1) is 28.5 Å². The van der Waals surface area contributed by atoms with Gasteiger partial charge in [0.15, 0.2) is 0 Å². The fourth-order valence-electron chi connectivity index (χ4n) is 3.50. The number of anilines is 2. The molecule has 136 valence electrons. The number of H-pyrrole nitrogens is 2. The maximum atomic E-state index is 12.6. The lowest BCUT2D eigenvalue weighted by atomic mass is 10.2. The first-order valence-corrected chi connectivity index (χ1v) is 8.90. The van der Waals surface area contributed by atoms with Gasteiger partial charge in [-0.3, -0.25) is 9.48 Å². The highest BCUT2D eigenvalue weighted by atomic mass is 16.2. The summed E-state index contributed by atoms with van der Waals surface area (Å²) in [5.41, 5.74) is 2.87. The minimum atomic E-state index is -0.247. The number of fused-ring (bicyclic) bond motifs is 1. The standard InChI is InChI=1S/C18H22N6O2/c1-12(24-8-4-5-19-24)9-17(25)20-15-10-13-14(22-18(26)21-13)11-16(15)23-6-2-3-7-23/h4-5,8,10-12H,2-3,6-7,9H2,1H3,(H,20,25)(H2,21,22,26). The van der Waals surface area contributed by atoms with Crippen LogP contribution < -0.4 is 15.9 Å². The Hall–Kier alpha value is -3.03. The second-order valence-electron chi connectivity index (χ2n) is 6.78. The molecule has 1 aliphatic heterocycles. The SMILES string of the molecule is CC(CC(=O)Nc1cc2[nH]c(=O)[nH]c2cc1N1CCCC1)n1cccn1. The molecule has 1 unspecified atom stereocenters. The van der Waals surface area contributed by atoms with Gasteiger partial charge in [0.25, 0.3) is 0 Å². The van der Waals surface area contributed by atoms with E-state index in [4.69, 9.17) is 0 Å². The van der Waals surface area contributed by atoms with Gasteiger partial charge in [-0.25, -0.2) is 4.79 Å². The Morgan fingerprint density at radius 2 is 2.00 bits per heavy atom. The summed E-state index contributed by atoms with van der Waals surface area (Å²) in [6.07, 6.45) is 6.14. The van der Waals surface area contributed by atoms with Crippen LogP contribution in [0.25, 0.3) is 11.0 Å². The Balaban J connectivity index is 1.60. The van der Waals surface area contributed by atoms with Gasteiger partial charge in [0.2, 0.25) is 5.91 Å². The molecular weight excluding hydrogens is 332 g/mol. The van der Waals surface area contributed by atoms with Crippen LogP contribution in [0.15, 0.2) is 35.4 Å². The highest BCUT2D eigenvalue weighted by molar-refractivity contribution is 5.98. The van der Waals surface area contributed by atoms with Crippen molar-refractivity contribution in [2.45, 2.75) is 32.2 Å². The zero-order valence-corrected chi connectivity index (χ0v) is 14.7. The Bertz CT molecular complexity index is 965. The van der Waals surface area contributed by atoms with Gasteiger partial charge in [0, 0.05) is 31.9 Å². The van der Waals surface area contributed by atoms with E-state index in [0.29, 0.717) is 11.9 Å². The van der Waals surface area contributed by atoms with E-state index in [-0.39, 0.29) is 17.6 Å². The fraction of sp³-hybridized carbons (Fsp3) is 0.389. The molecular formula is C18H22N6O2. The van der Waals surface area contributed by atoms with Crippen molar-refractivity contribution in [3.63, 3.8) is 0 Å². The maximum Gasteiger partial charge on any atom is 0.323 e. The van der Waals surface area contributed by atoms with Gasteiger partial charge in [-0.2, -0.15) is 5.10 Å². The largest absolute Gasteiger partial charge is 0.370 e. The zero-order chi connectivity index (χ0) is 18.1. The summed E-state index contributed by atoms with van der Waals surface area (Å²) in [7, 11) is 0. The zero-order valence-electron chi connectivity index (χ0n) is 14.7. The summed E-state index contributed by atoms with van der Waals surface area (Å²) >= 11 is 0. The number of benzene rings is 1. The number of rotatable bonds is 5. The highest BCUT2D eigenvalue weighted by Gasteiger charge is 2.20. The van der Waals surface area contributed by atoms with Crippen molar-refractivity contribution in [1.29, 1.82) is 0 Å². The van der Waals surface area contributed by atoms with Crippen LogP contribution in [-0.2, 0) is 4.79 Å². The van der Waals surface area contributed by atoms with E-state index in [1.54, 1.807) is 10.9 Å². The van der Waals surface area contributed by atoms with Gasteiger partial charge in [-0.1, -0.05) is 0 Å². The molecule has 3 N–H and O–H groups in total. The van der Waals surface area contributed by atoms with E-state index in [2.05, 4.69) is 25.3 Å². The van der Waals surface area contributed by atoms with Gasteiger partial charge in [-0.05, 0) is 38.0 Å². The summed E-state index contributed by atoms with van der Waals surface area (Å²) in [5, 5.41) is 7.21. The van der Waals surface area contributed by atoms with E-state index in [1.807, 2.05) is 31.3 Å². The van der Waals surface area contributed by atoms with Crippen LogP contribution in [0.2, 0.25) is 0 Å². The van der Waals surface area contributed by atoms with Crippen LogP contribution >= 0.6 is 0 Å². The molecule has 1 atom stereocenters. The first-order chi connectivity index (χ1) is 12.6. The third kappa shape index (κ3) is 3.22. The van der Waals surface area contributed by atoms with Crippen LogP contribution in [0.1, 0.15) is 32.2 Å². The molecule has 1 saturated heterocycles. The van der Waals surface area contributed by atoms with Gasteiger partial charge in [-0.15, -0.1) is 0 Å². The van der Waals surface area contributed by atoms with Crippen molar-refractivity contribution in [2.24, 2.45) is 0 Å². The van der Waals surface area contributed by atoms with Crippen LogP contribution in [-0.4, -0.2) is 38.7 Å². The molecule has 0 spiro atoms. The summed E-state index contributed by atoms with van der Waals surface area (Å²) in [6, 6.07) is 5.58. The van der Waals surface area contributed by atoms with Crippen LogP contribution in [0.5, 0.6) is 0 Å². The van der Waals surface area contributed by atoms with Crippen molar-refractivity contribution in [3.8, 4) is 0 Å². The second-order valence-corrected chi connectivity index (χ2v) is 6.78. The molecule has 26 heavy (non-hydrogen) atoms. The molecule has 0 bridgehead atoms. The minimum Gasteiger partial charge on any atom is -0.370 e. The Morgan fingerprint density at radius 3 is 2.69 bits per heavy atom. The van der Waals surface area contributed by atoms with Crippen LogP contribution in [0.3, 0.4) is 0 Å². The second kappa shape index (κ2) is 6.70. The molecule has 0 aliphatic carbocycles. The van der Waals surface area contributed by atoms with Crippen molar-refractivity contribution in [1.82, 2.24) is 19.7 Å². The van der Waals surface area contributed by atoms with Crippen molar-refractivity contribution >= 4 is 28.3 Å². The number of carbonyl (C=O) groups is 1. The minimum absolute atomic E-state index is 0.0315. The monoisotopic (exact) mass is 354 g/mol. The number of hydrogen-bond donors (Lipinski definition) is 3. The number of imidazole rings is 1. The molecule has 8 nitrogen and oxygen atoms in total. The van der Waals surface area contributed by atoms with Gasteiger partial charge < -0.3 is 20.2 Å². The molecule has 0 radical (unpaired) electrons. The highest BCUT2D eigenvalue weighted by Crippen LogP contribution is 2.32. The molecule has 1 amide bonds. The number of nitrogens with one attached hydrogen (secondary N) is 3. The molecule has 8 heteroatoms. The first-order valence-electron chi connectivity index (χ1n) is 8.90. The van der Waals surface area contributed by atoms with Gasteiger partial charge in [0.1, 0.15) is 0 Å². The molecule has 1 fully saturated rings. The summed E-state index contributed by atoms with van der Waals surface area (Å²) in [5.74, 6) is -0.0781. The molecule has 1 aromatic carbocycles. The van der Waals surface area contributed by atoms with E-state index in [1.165, 1.54) is 0 Å². The lowest BCUT2D eigenvalue weighted by Crippen LogP contribution is -2.22. The third-order valence-electron chi connectivity index (χ3n) is 4.81. The Kier molecular flexibility index (Phi) is 4.24. The predicted octanol–water partition coefficient (Wildman–Crippen LogP) is 2.24. The number of amides is 1. The molecule has 3 heterocycles. The lowest BCUT2D eigenvalue weighted by molar-refractivity contribution is -0.116. The number of carbonyl (C=O) groups excluding carboxylic acids is 1. The summed E-state index contributed by atoms with van der Waals surface area (Å²) in [4.78, 5) is 32.0. The number of aromatic amines is 2. The molecule has 3 aromatic rings. The number of hydrogen-bond acceptors (Lipinski definition) is 4. The van der Waals surface area contributed by atoms with Crippen LogP contribution in [0, 0.1) is 0 Å². The average molecular weight is 354 g/mol. The Labute approximate surface area is 150 Å². The fourth-order valence-corrected chi connectivity index (χ4v) is 3.50. The van der Waals surface area contributed by atoms with E-state index < -0.39 is 0 Å². The normalized spacial score (nSPS) is 15.5. The van der Waals surface area contributed by atoms with Crippen LogP contribution in [0.4, 0.5) is 11.4 Å². The van der Waals surface area contributed by atoms with Gasteiger partial charge >= 0.3 is 5.69 Å². The molecule has 0 saturated carbocycles. The van der Waals surface area contributed by atoms with Crippen molar-refractivity contribution < 1.29 is 4.79 Å². The summed E-state index contributed by atoms with van der Waals surface area (Å²) < 4.78 is 1.77.